The Hall–Kier alpha value is -3.43. The summed E-state index contributed by atoms with van der Waals surface area (Å²) in [4.78, 5) is 44.3. The van der Waals surface area contributed by atoms with E-state index in [1.165, 1.54) is 28.0 Å². The molecule has 1 aliphatic rings. The van der Waals surface area contributed by atoms with Crippen LogP contribution >= 0.6 is 23.1 Å². The van der Waals surface area contributed by atoms with Crippen molar-refractivity contribution in [2.45, 2.75) is 5.16 Å². The molecular weight excluding hydrogens is 432 g/mol. The van der Waals surface area contributed by atoms with E-state index in [4.69, 9.17) is 5.84 Å². The van der Waals surface area contributed by atoms with Gasteiger partial charge in [-0.15, -0.1) is 11.3 Å². The van der Waals surface area contributed by atoms with E-state index in [9.17, 15) is 14.4 Å². The van der Waals surface area contributed by atoms with Crippen molar-refractivity contribution in [3.63, 3.8) is 0 Å². The van der Waals surface area contributed by atoms with Crippen LogP contribution in [0.4, 0.5) is 0 Å². The van der Waals surface area contributed by atoms with Crippen LogP contribution < -0.4 is 11.4 Å². The van der Waals surface area contributed by atoms with Gasteiger partial charge in [-0.2, -0.15) is 0 Å². The summed E-state index contributed by atoms with van der Waals surface area (Å²) in [6, 6.07) is 16.4. The van der Waals surface area contributed by atoms with E-state index in [0.29, 0.717) is 32.3 Å². The van der Waals surface area contributed by atoms with E-state index in [1.54, 1.807) is 24.3 Å². The standard InChI is InChI=1S/C22H16N4O3S2/c23-26-21(29)17-16(13-6-2-1-3-7-13)12-31-18(17)24-22(26)30-11-10-25-19(27)14-8-4-5-9-15(14)20(25)28/h1-9,12H,10-11,23H2. The highest BCUT2D eigenvalue weighted by Gasteiger charge is 2.34. The van der Waals surface area contributed by atoms with Gasteiger partial charge >= 0.3 is 0 Å². The fourth-order valence-electron chi connectivity index (χ4n) is 3.59. The molecule has 31 heavy (non-hydrogen) atoms. The zero-order valence-electron chi connectivity index (χ0n) is 16.1. The third-order valence-corrected chi connectivity index (χ3v) is 6.92. The number of carbonyl (C=O) groups is 2. The molecule has 1 aliphatic heterocycles. The second-order valence-corrected chi connectivity index (χ2v) is 8.84. The van der Waals surface area contributed by atoms with E-state index in [2.05, 4.69) is 4.98 Å². The SMILES string of the molecule is Nn1c(SCCN2C(=O)c3ccccc3C2=O)nc2scc(-c3ccccc3)c2c1=O. The average molecular weight is 449 g/mol. The van der Waals surface area contributed by atoms with Gasteiger partial charge in [-0.3, -0.25) is 19.3 Å². The van der Waals surface area contributed by atoms with Gasteiger partial charge in [-0.1, -0.05) is 54.2 Å². The van der Waals surface area contributed by atoms with Gasteiger partial charge in [0.1, 0.15) is 4.83 Å². The number of imide groups is 1. The van der Waals surface area contributed by atoms with E-state index in [1.807, 2.05) is 35.7 Å². The third-order valence-electron chi connectivity index (χ3n) is 5.12. The fraction of sp³-hybridized carbons (Fsp3) is 0.0909. The van der Waals surface area contributed by atoms with Crippen molar-refractivity contribution in [1.82, 2.24) is 14.6 Å². The summed E-state index contributed by atoms with van der Waals surface area (Å²) < 4.78 is 1.04. The normalized spacial score (nSPS) is 13.2. The number of aromatic nitrogens is 2. The van der Waals surface area contributed by atoms with Gasteiger partial charge in [0.2, 0.25) is 0 Å². The van der Waals surface area contributed by atoms with E-state index in [0.717, 1.165) is 15.8 Å². The molecule has 0 spiro atoms. The van der Waals surface area contributed by atoms with Crippen LogP contribution in [0.2, 0.25) is 0 Å². The van der Waals surface area contributed by atoms with Crippen LogP contribution in [-0.4, -0.2) is 38.7 Å². The molecule has 7 nitrogen and oxygen atoms in total. The quantitative estimate of drug-likeness (QED) is 0.218. The molecule has 2 amide bonds. The van der Waals surface area contributed by atoms with Crippen molar-refractivity contribution in [1.29, 1.82) is 0 Å². The van der Waals surface area contributed by atoms with Gasteiger partial charge in [0.25, 0.3) is 17.4 Å². The molecule has 0 atom stereocenters. The summed E-state index contributed by atoms with van der Waals surface area (Å²) in [7, 11) is 0. The summed E-state index contributed by atoms with van der Waals surface area (Å²) in [5.41, 5.74) is 2.24. The van der Waals surface area contributed by atoms with Crippen LogP contribution in [0.25, 0.3) is 21.3 Å². The molecule has 0 aliphatic carbocycles. The number of hydrogen-bond acceptors (Lipinski definition) is 7. The number of nitrogen functional groups attached to an aromatic ring is 1. The van der Waals surface area contributed by atoms with Crippen molar-refractivity contribution in [2.24, 2.45) is 0 Å². The highest BCUT2D eigenvalue weighted by atomic mass is 32.2. The number of thiophene rings is 1. The first-order valence-corrected chi connectivity index (χ1v) is 11.4. The molecule has 2 N–H and O–H groups in total. The molecular formula is C22H16N4O3S2. The number of nitrogens with zero attached hydrogens (tertiary/aromatic N) is 3. The summed E-state index contributed by atoms with van der Waals surface area (Å²) in [5.74, 6) is 5.81. The largest absolute Gasteiger partial charge is 0.334 e. The minimum absolute atomic E-state index is 0.199. The van der Waals surface area contributed by atoms with Crippen molar-refractivity contribution in [3.8, 4) is 11.1 Å². The Bertz CT molecular complexity index is 1360. The Balaban J connectivity index is 1.37. The molecule has 0 bridgehead atoms. The number of amides is 2. The Morgan fingerprint density at radius 3 is 2.23 bits per heavy atom. The number of fused-ring (bicyclic) bond motifs is 2. The van der Waals surface area contributed by atoms with Crippen LogP contribution in [0.15, 0.2) is 69.9 Å². The molecule has 0 saturated heterocycles. The van der Waals surface area contributed by atoms with Crippen LogP contribution in [-0.2, 0) is 0 Å². The second kappa shape index (κ2) is 7.68. The molecule has 5 rings (SSSR count). The minimum atomic E-state index is -0.326. The molecule has 9 heteroatoms. The van der Waals surface area contributed by atoms with Crippen LogP contribution in [0.3, 0.4) is 0 Å². The molecule has 2 aromatic carbocycles. The van der Waals surface area contributed by atoms with Crippen molar-refractivity contribution in [3.05, 3.63) is 81.5 Å². The Kier molecular flexibility index (Phi) is 4.84. The maximum absolute atomic E-state index is 12.9. The van der Waals surface area contributed by atoms with Gasteiger partial charge in [0.05, 0.1) is 16.5 Å². The van der Waals surface area contributed by atoms with Gasteiger partial charge in [-0.05, 0) is 17.7 Å². The van der Waals surface area contributed by atoms with Crippen LogP contribution in [0.1, 0.15) is 20.7 Å². The topological polar surface area (TPSA) is 98.3 Å². The zero-order chi connectivity index (χ0) is 21.5. The Morgan fingerprint density at radius 2 is 1.55 bits per heavy atom. The summed E-state index contributed by atoms with van der Waals surface area (Å²) in [6.07, 6.45) is 0. The van der Waals surface area contributed by atoms with E-state index >= 15 is 0 Å². The first-order valence-electron chi connectivity index (χ1n) is 9.49. The maximum Gasteiger partial charge on any atom is 0.282 e. The number of rotatable bonds is 5. The zero-order valence-corrected chi connectivity index (χ0v) is 17.8. The van der Waals surface area contributed by atoms with Crippen molar-refractivity contribution in [2.75, 3.05) is 18.1 Å². The maximum atomic E-state index is 12.9. The summed E-state index contributed by atoms with van der Waals surface area (Å²) in [5, 5.41) is 2.74. The van der Waals surface area contributed by atoms with Gasteiger partial charge in [-0.25, -0.2) is 9.66 Å². The highest BCUT2D eigenvalue weighted by Crippen LogP contribution is 2.32. The van der Waals surface area contributed by atoms with Crippen LogP contribution in [0, 0.1) is 0 Å². The summed E-state index contributed by atoms with van der Waals surface area (Å²) >= 11 is 2.62. The van der Waals surface area contributed by atoms with E-state index in [-0.39, 0.29) is 23.9 Å². The monoisotopic (exact) mass is 448 g/mol. The molecule has 2 aromatic heterocycles. The minimum Gasteiger partial charge on any atom is -0.334 e. The number of benzene rings is 2. The predicted octanol–water partition coefficient (Wildman–Crippen LogP) is 3.23. The van der Waals surface area contributed by atoms with Gasteiger partial charge < -0.3 is 5.84 Å². The first-order chi connectivity index (χ1) is 15.1. The van der Waals surface area contributed by atoms with Crippen LogP contribution in [0.5, 0.6) is 0 Å². The highest BCUT2D eigenvalue weighted by molar-refractivity contribution is 7.99. The lowest BCUT2D eigenvalue weighted by Gasteiger charge is -2.13. The molecule has 0 fully saturated rings. The average Bonchev–Trinajstić information content (AvgIpc) is 3.33. The van der Waals surface area contributed by atoms with Gasteiger partial charge in [0, 0.05) is 23.2 Å². The molecule has 0 radical (unpaired) electrons. The lowest BCUT2D eigenvalue weighted by Crippen LogP contribution is -2.33. The predicted molar refractivity (Wildman–Crippen MR) is 122 cm³/mol. The smallest absolute Gasteiger partial charge is 0.282 e. The molecule has 4 aromatic rings. The molecule has 3 heterocycles. The molecule has 0 saturated carbocycles. The number of hydrogen-bond donors (Lipinski definition) is 1. The lowest BCUT2D eigenvalue weighted by molar-refractivity contribution is 0.0664. The molecule has 154 valence electrons. The summed E-state index contributed by atoms with van der Waals surface area (Å²) in [6.45, 7) is 0.199. The van der Waals surface area contributed by atoms with E-state index < -0.39 is 0 Å². The number of carbonyl (C=O) groups excluding carboxylic acids is 2. The third kappa shape index (κ3) is 3.22. The Labute approximate surface area is 185 Å². The second-order valence-electron chi connectivity index (χ2n) is 6.92. The van der Waals surface area contributed by atoms with Gasteiger partial charge in [0.15, 0.2) is 5.16 Å². The fourth-order valence-corrected chi connectivity index (χ4v) is 5.42. The first kappa shape index (κ1) is 19.5. The Morgan fingerprint density at radius 1 is 0.903 bits per heavy atom. The van der Waals surface area contributed by atoms with Crippen molar-refractivity contribution >= 4 is 45.1 Å². The lowest BCUT2D eigenvalue weighted by atomic mass is 10.1. The number of nitrogens with two attached hydrogens (primary N) is 1. The van der Waals surface area contributed by atoms with Crippen molar-refractivity contribution < 1.29 is 9.59 Å². The number of thioether (sulfide) groups is 1. The molecule has 0 unspecified atom stereocenters.